The second kappa shape index (κ2) is 5.04. The molecule has 6 heteroatoms. The molecule has 0 aliphatic rings. The second-order valence-electron chi connectivity index (χ2n) is 2.88. The molecule has 0 saturated heterocycles. The average Bonchev–Trinajstić information content (AvgIpc) is 2.26. The lowest BCUT2D eigenvalue weighted by Crippen LogP contribution is -2.40. The number of amides is 1. The van der Waals surface area contributed by atoms with E-state index in [0.717, 1.165) is 0 Å². The minimum atomic E-state index is -1.06. The first-order valence-corrected chi connectivity index (χ1v) is 4.46. The minimum absolute atomic E-state index is 0.109. The third kappa shape index (κ3) is 3.01. The molecular weight excluding hydrogens is 198 g/mol. The highest BCUT2D eigenvalue weighted by Crippen LogP contribution is 1.95. The number of carboxylic acids is 1. The molecule has 0 spiro atoms. The first kappa shape index (κ1) is 11.1. The molecule has 0 aliphatic heterocycles. The summed E-state index contributed by atoms with van der Waals surface area (Å²) >= 11 is 0. The normalized spacial score (nSPS) is 11.8. The fourth-order valence-electron chi connectivity index (χ4n) is 0.993. The van der Waals surface area contributed by atoms with Gasteiger partial charge >= 0.3 is 5.97 Å². The highest BCUT2D eigenvalue weighted by atomic mass is 16.4. The van der Waals surface area contributed by atoms with E-state index in [4.69, 9.17) is 5.11 Å². The average molecular weight is 209 g/mol. The van der Waals surface area contributed by atoms with Crippen molar-refractivity contribution in [1.82, 2.24) is 15.5 Å². The number of hydrogen-bond acceptors (Lipinski definition) is 4. The highest BCUT2D eigenvalue weighted by molar-refractivity contribution is 5.94. The molecule has 1 rings (SSSR count). The largest absolute Gasteiger partial charge is 0.480 e. The Morgan fingerprint density at radius 2 is 2.33 bits per heavy atom. The number of carboxylic acid groups (broad SMARTS) is 1. The maximum absolute atomic E-state index is 11.4. The molecule has 0 saturated carbocycles. The van der Waals surface area contributed by atoms with Gasteiger partial charge in [-0.1, -0.05) is 6.92 Å². The maximum Gasteiger partial charge on any atom is 0.326 e. The van der Waals surface area contributed by atoms with Crippen LogP contribution in [0.4, 0.5) is 0 Å². The predicted molar refractivity (Wildman–Crippen MR) is 51.2 cm³/mol. The molecule has 0 aliphatic carbocycles. The Labute approximate surface area is 86.3 Å². The Balaban J connectivity index is 2.67. The minimum Gasteiger partial charge on any atom is -0.480 e. The van der Waals surface area contributed by atoms with Gasteiger partial charge in [0.15, 0.2) is 5.69 Å². The summed E-state index contributed by atoms with van der Waals surface area (Å²) in [6.45, 7) is 1.68. The van der Waals surface area contributed by atoms with Gasteiger partial charge in [0.25, 0.3) is 5.91 Å². The van der Waals surface area contributed by atoms with Crippen LogP contribution in [-0.4, -0.2) is 33.2 Å². The number of nitrogens with one attached hydrogen (secondary N) is 1. The molecule has 15 heavy (non-hydrogen) atoms. The summed E-state index contributed by atoms with van der Waals surface area (Å²) in [7, 11) is 0. The van der Waals surface area contributed by atoms with Crippen LogP contribution in [0.5, 0.6) is 0 Å². The fourth-order valence-corrected chi connectivity index (χ4v) is 0.993. The van der Waals surface area contributed by atoms with Crippen LogP contribution < -0.4 is 5.32 Å². The molecule has 1 unspecified atom stereocenters. The zero-order valence-corrected chi connectivity index (χ0v) is 8.17. The van der Waals surface area contributed by atoms with Crippen LogP contribution >= 0.6 is 0 Å². The Morgan fingerprint density at radius 1 is 1.60 bits per heavy atom. The van der Waals surface area contributed by atoms with Crippen LogP contribution in [0.3, 0.4) is 0 Å². The van der Waals surface area contributed by atoms with Crippen molar-refractivity contribution in [3.8, 4) is 0 Å². The van der Waals surface area contributed by atoms with E-state index in [0.29, 0.717) is 6.42 Å². The SMILES string of the molecule is CCC(NC(=O)c1cccnn1)C(=O)O. The molecule has 1 atom stereocenters. The van der Waals surface area contributed by atoms with Gasteiger partial charge < -0.3 is 10.4 Å². The van der Waals surface area contributed by atoms with E-state index >= 15 is 0 Å². The van der Waals surface area contributed by atoms with E-state index in [2.05, 4.69) is 15.5 Å². The van der Waals surface area contributed by atoms with E-state index < -0.39 is 17.9 Å². The van der Waals surface area contributed by atoms with Crippen molar-refractivity contribution in [3.05, 3.63) is 24.0 Å². The summed E-state index contributed by atoms with van der Waals surface area (Å²) in [5.41, 5.74) is 0.109. The summed E-state index contributed by atoms with van der Waals surface area (Å²) in [5, 5.41) is 18.2. The number of carbonyl (C=O) groups is 2. The topological polar surface area (TPSA) is 92.2 Å². The number of aliphatic carboxylic acids is 1. The van der Waals surface area contributed by atoms with E-state index in [-0.39, 0.29) is 5.69 Å². The quantitative estimate of drug-likeness (QED) is 0.732. The molecule has 0 fully saturated rings. The maximum atomic E-state index is 11.4. The van der Waals surface area contributed by atoms with Crippen LogP contribution in [0.25, 0.3) is 0 Å². The second-order valence-corrected chi connectivity index (χ2v) is 2.88. The first-order valence-electron chi connectivity index (χ1n) is 4.46. The molecule has 1 amide bonds. The monoisotopic (exact) mass is 209 g/mol. The molecule has 0 aromatic carbocycles. The standard InChI is InChI=1S/C9H11N3O3/c1-2-6(9(14)15)11-8(13)7-4-3-5-10-12-7/h3-6H,2H2,1H3,(H,11,13)(H,14,15). The summed E-state index contributed by atoms with van der Waals surface area (Å²) in [4.78, 5) is 22.1. The van der Waals surface area contributed by atoms with E-state index in [1.165, 1.54) is 12.3 Å². The van der Waals surface area contributed by atoms with Crippen LogP contribution in [0.1, 0.15) is 23.8 Å². The Hall–Kier alpha value is -1.98. The summed E-state index contributed by atoms with van der Waals surface area (Å²) in [5.74, 6) is -1.59. The zero-order chi connectivity index (χ0) is 11.3. The Kier molecular flexibility index (Phi) is 3.73. The van der Waals surface area contributed by atoms with Crippen LogP contribution in [0, 0.1) is 0 Å². The van der Waals surface area contributed by atoms with Crippen molar-refractivity contribution < 1.29 is 14.7 Å². The van der Waals surface area contributed by atoms with Crippen molar-refractivity contribution in [3.63, 3.8) is 0 Å². The lowest BCUT2D eigenvalue weighted by atomic mass is 10.2. The van der Waals surface area contributed by atoms with Gasteiger partial charge in [0, 0.05) is 6.20 Å². The van der Waals surface area contributed by atoms with Gasteiger partial charge in [-0.25, -0.2) is 4.79 Å². The summed E-state index contributed by atoms with van der Waals surface area (Å²) in [6, 6.07) is 2.14. The van der Waals surface area contributed by atoms with Crippen molar-refractivity contribution in [2.45, 2.75) is 19.4 Å². The van der Waals surface area contributed by atoms with E-state index in [1.807, 2.05) is 0 Å². The van der Waals surface area contributed by atoms with E-state index in [9.17, 15) is 9.59 Å². The van der Waals surface area contributed by atoms with Gasteiger partial charge in [-0.05, 0) is 18.6 Å². The van der Waals surface area contributed by atoms with Crippen LogP contribution in [-0.2, 0) is 4.79 Å². The number of nitrogens with zero attached hydrogens (tertiary/aromatic N) is 2. The molecule has 80 valence electrons. The molecule has 1 aromatic heterocycles. The van der Waals surface area contributed by atoms with Crippen molar-refractivity contribution in [1.29, 1.82) is 0 Å². The molecule has 6 nitrogen and oxygen atoms in total. The number of hydrogen-bond donors (Lipinski definition) is 2. The summed E-state index contributed by atoms with van der Waals surface area (Å²) in [6.07, 6.45) is 1.76. The van der Waals surface area contributed by atoms with Crippen molar-refractivity contribution in [2.24, 2.45) is 0 Å². The van der Waals surface area contributed by atoms with Gasteiger partial charge in [-0.3, -0.25) is 4.79 Å². The van der Waals surface area contributed by atoms with Gasteiger partial charge in [0.1, 0.15) is 6.04 Å². The third-order valence-corrected chi connectivity index (χ3v) is 1.82. The van der Waals surface area contributed by atoms with Gasteiger partial charge in [0.05, 0.1) is 0 Å². The summed E-state index contributed by atoms with van der Waals surface area (Å²) < 4.78 is 0. The number of aromatic nitrogens is 2. The third-order valence-electron chi connectivity index (χ3n) is 1.82. The molecule has 0 radical (unpaired) electrons. The van der Waals surface area contributed by atoms with Gasteiger partial charge in [-0.2, -0.15) is 5.10 Å². The fraction of sp³-hybridized carbons (Fsp3) is 0.333. The molecule has 1 heterocycles. The van der Waals surface area contributed by atoms with Crippen molar-refractivity contribution in [2.75, 3.05) is 0 Å². The predicted octanol–water partition coefficient (Wildman–Crippen LogP) is 0.0696. The number of rotatable bonds is 4. The first-order chi connectivity index (χ1) is 7.15. The smallest absolute Gasteiger partial charge is 0.326 e. The van der Waals surface area contributed by atoms with Crippen LogP contribution in [0.2, 0.25) is 0 Å². The zero-order valence-electron chi connectivity index (χ0n) is 8.17. The van der Waals surface area contributed by atoms with Crippen LogP contribution in [0.15, 0.2) is 18.3 Å². The van der Waals surface area contributed by atoms with Gasteiger partial charge in [0.2, 0.25) is 0 Å². The van der Waals surface area contributed by atoms with Gasteiger partial charge in [-0.15, -0.1) is 5.10 Å². The molecule has 2 N–H and O–H groups in total. The Bertz CT molecular complexity index is 353. The highest BCUT2D eigenvalue weighted by Gasteiger charge is 2.18. The molecule has 0 bridgehead atoms. The molecule has 1 aromatic rings. The Morgan fingerprint density at radius 3 is 2.80 bits per heavy atom. The lowest BCUT2D eigenvalue weighted by Gasteiger charge is -2.10. The molecular formula is C9H11N3O3. The lowest BCUT2D eigenvalue weighted by molar-refractivity contribution is -0.139. The number of carbonyl (C=O) groups excluding carboxylic acids is 1. The van der Waals surface area contributed by atoms with Crippen molar-refractivity contribution >= 4 is 11.9 Å². The van der Waals surface area contributed by atoms with E-state index in [1.54, 1.807) is 13.0 Å².